The van der Waals surface area contributed by atoms with Gasteiger partial charge in [0.1, 0.15) is 0 Å². The first-order valence-corrected chi connectivity index (χ1v) is 5.72. The van der Waals surface area contributed by atoms with Crippen LogP contribution in [-0.4, -0.2) is 19.3 Å². The summed E-state index contributed by atoms with van der Waals surface area (Å²) in [5, 5.41) is 3.60. The van der Waals surface area contributed by atoms with E-state index in [1.807, 2.05) is 0 Å². The van der Waals surface area contributed by atoms with Gasteiger partial charge in [0, 0.05) is 25.8 Å². The van der Waals surface area contributed by atoms with E-state index in [0.717, 1.165) is 32.6 Å². The Hall–Kier alpha value is -0.860. The zero-order valence-electron chi connectivity index (χ0n) is 9.33. The van der Waals surface area contributed by atoms with E-state index in [4.69, 9.17) is 4.74 Å². The minimum absolute atomic E-state index is 0.637. The highest BCUT2D eigenvalue weighted by molar-refractivity contribution is 5.25. The van der Waals surface area contributed by atoms with Crippen LogP contribution in [0.3, 0.4) is 0 Å². The zero-order valence-corrected chi connectivity index (χ0v) is 9.33. The third kappa shape index (κ3) is 3.05. The summed E-state index contributed by atoms with van der Waals surface area (Å²) in [6, 6.07) is 9.20. The van der Waals surface area contributed by atoms with Crippen LogP contribution in [0.25, 0.3) is 0 Å². The zero-order chi connectivity index (χ0) is 10.5. The van der Waals surface area contributed by atoms with Crippen LogP contribution in [0.15, 0.2) is 24.3 Å². The molecule has 0 aliphatic carbocycles. The fourth-order valence-corrected chi connectivity index (χ4v) is 1.96. The van der Waals surface area contributed by atoms with E-state index in [0.29, 0.717) is 6.04 Å². The Morgan fingerprint density at radius 1 is 1.27 bits per heavy atom. The van der Waals surface area contributed by atoms with Gasteiger partial charge in [0.25, 0.3) is 0 Å². The maximum absolute atomic E-state index is 5.34. The van der Waals surface area contributed by atoms with Gasteiger partial charge in [-0.25, -0.2) is 0 Å². The molecule has 1 aromatic rings. The van der Waals surface area contributed by atoms with E-state index < -0.39 is 0 Å². The highest BCUT2D eigenvalue weighted by atomic mass is 16.5. The van der Waals surface area contributed by atoms with Gasteiger partial charge in [-0.1, -0.05) is 24.3 Å². The molecule has 1 aliphatic rings. The van der Waals surface area contributed by atoms with Gasteiger partial charge >= 0.3 is 0 Å². The second-order valence-electron chi connectivity index (χ2n) is 4.19. The molecule has 0 unspecified atom stereocenters. The largest absolute Gasteiger partial charge is 0.381 e. The molecule has 1 heterocycles. The molecule has 1 aromatic carbocycles. The van der Waals surface area contributed by atoms with E-state index in [9.17, 15) is 0 Å². The van der Waals surface area contributed by atoms with Crippen LogP contribution in [0.2, 0.25) is 0 Å². The number of benzene rings is 1. The van der Waals surface area contributed by atoms with E-state index >= 15 is 0 Å². The Balaban J connectivity index is 1.84. The van der Waals surface area contributed by atoms with Gasteiger partial charge in [-0.3, -0.25) is 0 Å². The number of hydrogen-bond acceptors (Lipinski definition) is 2. The highest BCUT2D eigenvalue weighted by Crippen LogP contribution is 2.10. The Morgan fingerprint density at radius 2 is 2.00 bits per heavy atom. The van der Waals surface area contributed by atoms with Crippen LogP contribution in [0.4, 0.5) is 0 Å². The summed E-state index contributed by atoms with van der Waals surface area (Å²) in [5.41, 5.74) is 2.78. The van der Waals surface area contributed by atoms with Crippen LogP contribution < -0.4 is 5.32 Å². The van der Waals surface area contributed by atoms with Gasteiger partial charge in [-0.15, -0.1) is 0 Å². The Morgan fingerprint density at radius 3 is 2.73 bits per heavy atom. The van der Waals surface area contributed by atoms with Gasteiger partial charge in [0.05, 0.1) is 0 Å². The first-order chi connectivity index (χ1) is 7.36. The maximum Gasteiger partial charge on any atom is 0.0480 e. The van der Waals surface area contributed by atoms with E-state index in [1.54, 1.807) is 0 Å². The number of nitrogens with one attached hydrogen (secondary N) is 1. The molecule has 15 heavy (non-hydrogen) atoms. The molecular formula is C13H19NO. The first kappa shape index (κ1) is 10.7. The molecule has 1 fully saturated rings. The van der Waals surface area contributed by atoms with Gasteiger partial charge in [0.15, 0.2) is 0 Å². The van der Waals surface area contributed by atoms with E-state index in [-0.39, 0.29) is 0 Å². The second-order valence-corrected chi connectivity index (χ2v) is 4.19. The van der Waals surface area contributed by atoms with Gasteiger partial charge < -0.3 is 10.1 Å². The monoisotopic (exact) mass is 205 g/mol. The van der Waals surface area contributed by atoms with Crippen LogP contribution in [-0.2, 0) is 11.3 Å². The van der Waals surface area contributed by atoms with Crippen LogP contribution in [0.1, 0.15) is 24.0 Å². The summed E-state index contributed by atoms with van der Waals surface area (Å²) in [6.45, 7) is 4.97. The van der Waals surface area contributed by atoms with Crippen molar-refractivity contribution in [1.82, 2.24) is 5.32 Å². The first-order valence-electron chi connectivity index (χ1n) is 5.72. The predicted molar refractivity (Wildman–Crippen MR) is 61.9 cm³/mol. The van der Waals surface area contributed by atoms with Gasteiger partial charge in [-0.05, 0) is 30.9 Å². The van der Waals surface area contributed by atoms with Crippen LogP contribution >= 0.6 is 0 Å². The summed E-state index contributed by atoms with van der Waals surface area (Å²) in [4.78, 5) is 0. The Kier molecular flexibility index (Phi) is 3.75. The predicted octanol–water partition coefficient (Wildman–Crippen LogP) is 2.26. The number of rotatable bonds is 3. The summed E-state index contributed by atoms with van der Waals surface area (Å²) in [7, 11) is 0. The molecule has 2 heteroatoms. The lowest BCUT2D eigenvalue weighted by Gasteiger charge is -2.23. The quantitative estimate of drug-likeness (QED) is 0.817. The number of aryl methyl sites for hydroxylation is 1. The van der Waals surface area contributed by atoms with Crippen molar-refractivity contribution in [3.63, 3.8) is 0 Å². The average Bonchev–Trinajstić information content (AvgIpc) is 2.29. The lowest BCUT2D eigenvalue weighted by molar-refractivity contribution is 0.0776. The number of hydrogen-bond donors (Lipinski definition) is 1. The lowest BCUT2D eigenvalue weighted by atomic mass is 10.1. The van der Waals surface area contributed by atoms with Gasteiger partial charge in [-0.2, -0.15) is 0 Å². The summed E-state index contributed by atoms with van der Waals surface area (Å²) in [6.07, 6.45) is 2.29. The molecule has 0 saturated carbocycles. The van der Waals surface area contributed by atoms with Crippen molar-refractivity contribution in [3.8, 4) is 0 Å². The molecule has 0 spiro atoms. The standard InChI is InChI=1S/C13H19NO/c1-11-4-2-3-5-12(11)10-14-13-6-8-15-9-7-13/h2-5,13-14H,6-10H2,1H3. The van der Waals surface area contributed by atoms with Crippen LogP contribution in [0.5, 0.6) is 0 Å². The molecule has 2 rings (SSSR count). The van der Waals surface area contributed by atoms with E-state index in [2.05, 4.69) is 36.5 Å². The topological polar surface area (TPSA) is 21.3 Å². The van der Waals surface area contributed by atoms with E-state index in [1.165, 1.54) is 11.1 Å². The van der Waals surface area contributed by atoms with Gasteiger partial charge in [0.2, 0.25) is 0 Å². The molecule has 1 aliphatic heterocycles. The third-order valence-electron chi connectivity index (χ3n) is 3.06. The van der Waals surface area contributed by atoms with Crippen molar-refractivity contribution in [2.45, 2.75) is 32.4 Å². The molecule has 0 radical (unpaired) electrons. The minimum Gasteiger partial charge on any atom is -0.381 e. The smallest absolute Gasteiger partial charge is 0.0480 e. The summed E-state index contributed by atoms with van der Waals surface area (Å²) < 4.78 is 5.34. The molecule has 0 bridgehead atoms. The average molecular weight is 205 g/mol. The summed E-state index contributed by atoms with van der Waals surface area (Å²) >= 11 is 0. The van der Waals surface area contributed by atoms with Crippen molar-refractivity contribution in [2.75, 3.05) is 13.2 Å². The molecule has 0 aromatic heterocycles. The molecule has 0 amide bonds. The molecule has 82 valence electrons. The minimum atomic E-state index is 0.637. The molecule has 0 atom stereocenters. The number of ether oxygens (including phenoxy) is 1. The molecule has 1 N–H and O–H groups in total. The SMILES string of the molecule is Cc1ccccc1CNC1CCOCC1. The highest BCUT2D eigenvalue weighted by Gasteiger charge is 2.12. The molecule has 2 nitrogen and oxygen atoms in total. The fraction of sp³-hybridized carbons (Fsp3) is 0.538. The fourth-order valence-electron chi connectivity index (χ4n) is 1.96. The van der Waals surface area contributed by atoms with Crippen molar-refractivity contribution in [2.24, 2.45) is 0 Å². The summed E-state index contributed by atoms with van der Waals surface area (Å²) in [5.74, 6) is 0. The second kappa shape index (κ2) is 5.29. The van der Waals surface area contributed by atoms with Crippen molar-refractivity contribution in [3.05, 3.63) is 35.4 Å². The van der Waals surface area contributed by atoms with Crippen molar-refractivity contribution in [1.29, 1.82) is 0 Å². The molecular weight excluding hydrogens is 186 g/mol. The Labute approximate surface area is 91.6 Å². The lowest BCUT2D eigenvalue weighted by Crippen LogP contribution is -2.34. The normalized spacial score (nSPS) is 17.9. The molecule has 1 saturated heterocycles. The van der Waals surface area contributed by atoms with Crippen LogP contribution in [0, 0.1) is 6.92 Å². The Bertz CT molecular complexity index is 305. The van der Waals surface area contributed by atoms with Crippen molar-refractivity contribution < 1.29 is 4.74 Å². The van der Waals surface area contributed by atoms with Crippen molar-refractivity contribution >= 4 is 0 Å². The maximum atomic E-state index is 5.34. The third-order valence-corrected chi connectivity index (χ3v) is 3.06.